The van der Waals surface area contributed by atoms with E-state index in [4.69, 9.17) is 4.74 Å². The van der Waals surface area contributed by atoms with E-state index in [0.717, 1.165) is 21.8 Å². The molecule has 1 aromatic carbocycles. The van der Waals surface area contributed by atoms with Crippen LogP contribution in [-0.4, -0.2) is 54.5 Å². The van der Waals surface area contributed by atoms with Crippen LogP contribution in [0.4, 0.5) is 0 Å². The summed E-state index contributed by atoms with van der Waals surface area (Å²) in [6.45, 7) is 3.78. The summed E-state index contributed by atoms with van der Waals surface area (Å²) in [5.41, 5.74) is 3.11. The highest BCUT2D eigenvalue weighted by molar-refractivity contribution is 7.89. The van der Waals surface area contributed by atoms with Gasteiger partial charge in [0.1, 0.15) is 5.69 Å². The smallest absolute Gasteiger partial charge is 0.268 e. The first-order chi connectivity index (χ1) is 14.8. The number of aryl methyl sites for hydroxylation is 2. The molecule has 1 N–H and O–H groups in total. The molecule has 1 saturated heterocycles. The van der Waals surface area contributed by atoms with Gasteiger partial charge in [-0.05, 0) is 30.7 Å². The zero-order chi connectivity index (χ0) is 22.0. The molecule has 10 heteroatoms. The Hall–Kier alpha value is -2.53. The maximum Gasteiger partial charge on any atom is 0.268 e. The second-order valence-electron chi connectivity index (χ2n) is 7.32. The molecule has 164 valence electrons. The molecule has 0 spiro atoms. The molecule has 1 aliphatic heterocycles. The number of hydrogen-bond acceptors (Lipinski definition) is 6. The third-order valence-corrected chi connectivity index (χ3v) is 7.82. The second kappa shape index (κ2) is 8.91. The molecular formula is C21H24N4O4S2. The second-order valence-corrected chi connectivity index (χ2v) is 10.3. The molecule has 1 fully saturated rings. The summed E-state index contributed by atoms with van der Waals surface area (Å²) in [6, 6.07) is 8.43. The fourth-order valence-corrected chi connectivity index (χ4v) is 5.44. The van der Waals surface area contributed by atoms with E-state index in [1.807, 2.05) is 31.6 Å². The maximum absolute atomic E-state index is 12.7. The van der Waals surface area contributed by atoms with Gasteiger partial charge in [0.25, 0.3) is 5.91 Å². The normalized spacial score (nSPS) is 15.2. The van der Waals surface area contributed by atoms with Crippen LogP contribution in [-0.2, 0) is 28.4 Å². The van der Waals surface area contributed by atoms with Crippen molar-refractivity contribution in [1.82, 2.24) is 19.2 Å². The topological polar surface area (TPSA) is 93.5 Å². The van der Waals surface area contributed by atoms with Gasteiger partial charge in [-0.2, -0.15) is 4.31 Å². The summed E-state index contributed by atoms with van der Waals surface area (Å²) in [7, 11) is -1.70. The van der Waals surface area contributed by atoms with E-state index in [9.17, 15) is 13.2 Å². The Morgan fingerprint density at radius 2 is 1.94 bits per heavy atom. The van der Waals surface area contributed by atoms with Gasteiger partial charge in [-0.25, -0.2) is 13.4 Å². The number of hydrogen-bond donors (Lipinski definition) is 1. The van der Waals surface area contributed by atoms with Crippen molar-refractivity contribution in [2.24, 2.45) is 7.05 Å². The molecule has 3 aromatic rings. The molecule has 2 aromatic heterocycles. The number of carbonyl (C=O) groups is 1. The third-order valence-electron chi connectivity index (χ3n) is 5.14. The van der Waals surface area contributed by atoms with E-state index in [0.29, 0.717) is 38.5 Å². The van der Waals surface area contributed by atoms with Crippen molar-refractivity contribution in [2.45, 2.75) is 18.4 Å². The molecule has 8 nitrogen and oxygen atoms in total. The highest BCUT2D eigenvalue weighted by atomic mass is 32.2. The van der Waals surface area contributed by atoms with Crippen molar-refractivity contribution in [1.29, 1.82) is 0 Å². The first-order valence-corrected chi connectivity index (χ1v) is 12.2. The summed E-state index contributed by atoms with van der Waals surface area (Å²) in [6.07, 6.45) is 1.88. The van der Waals surface area contributed by atoms with E-state index in [-0.39, 0.29) is 10.8 Å². The van der Waals surface area contributed by atoms with Crippen molar-refractivity contribution in [3.05, 3.63) is 58.2 Å². The fraction of sp³-hybridized carbons (Fsp3) is 0.333. The third kappa shape index (κ3) is 4.72. The van der Waals surface area contributed by atoms with E-state index < -0.39 is 10.0 Å². The van der Waals surface area contributed by atoms with Crippen LogP contribution in [0.5, 0.6) is 0 Å². The molecule has 0 bridgehead atoms. The van der Waals surface area contributed by atoms with Crippen LogP contribution in [0.3, 0.4) is 0 Å². The number of nitrogens with zero attached hydrogens (tertiary/aromatic N) is 3. The molecule has 0 radical (unpaired) electrons. The molecule has 4 rings (SSSR count). The van der Waals surface area contributed by atoms with Crippen molar-refractivity contribution < 1.29 is 17.9 Å². The zero-order valence-electron chi connectivity index (χ0n) is 17.4. The van der Waals surface area contributed by atoms with Crippen LogP contribution in [0, 0.1) is 6.92 Å². The first kappa shape index (κ1) is 21.7. The largest absolute Gasteiger partial charge is 0.379 e. The summed E-state index contributed by atoms with van der Waals surface area (Å²) < 4.78 is 33.8. The number of thiazole rings is 1. The predicted octanol–water partition coefficient (Wildman–Crippen LogP) is 2.41. The minimum Gasteiger partial charge on any atom is -0.379 e. The Labute approximate surface area is 185 Å². The molecule has 1 amide bonds. The lowest BCUT2D eigenvalue weighted by Gasteiger charge is -2.26. The molecule has 0 saturated carbocycles. The van der Waals surface area contributed by atoms with Gasteiger partial charge in [0.15, 0.2) is 0 Å². The molecule has 0 aliphatic carbocycles. The Morgan fingerprint density at radius 3 is 2.58 bits per heavy atom. The van der Waals surface area contributed by atoms with Crippen LogP contribution in [0.15, 0.2) is 46.8 Å². The van der Waals surface area contributed by atoms with Gasteiger partial charge in [-0.1, -0.05) is 12.1 Å². The van der Waals surface area contributed by atoms with Crippen LogP contribution in [0.25, 0.3) is 11.3 Å². The van der Waals surface area contributed by atoms with Gasteiger partial charge in [0, 0.05) is 43.8 Å². The Kier molecular flexibility index (Phi) is 6.24. The lowest BCUT2D eigenvalue weighted by molar-refractivity contribution is 0.0730. The van der Waals surface area contributed by atoms with E-state index in [2.05, 4.69) is 10.3 Å². The molecule has 0 unspecified atom stereocenters. The van der Waals surface area contributed by atoms with E-state index in [1.54, 1.807) is 40.2 Å². The number of amides is 1. The number of benzene rings is 1. The summed E-state index contributed by atoms with van der Waals surface area (Å²) in [4.78, 5) is 17.4. The number of nitrogens with one attached hydrogen (secondary N) is 1. The van der Waals surface area contributed by atoms with Crippen molar-refractivity contribution >= 4 is 27.3 Å². The zero-order valence-corrected chi connectivity index (χ0v) is 19.0. The average molecular weight is 461 g/mol. The molecule has 0 atom stereocenters. The monoisotopic (exact) mass is 460 g/mol. The van der Waals surface area contributed by atoms with Gasteiger partial charge >= 0.3 is 0 Å². The van der Waals surface area contributed by atoms with Gasteiger partial charge in [0.2, 0.25) is 10.0 Å². The van der Waals surface area contributed by atoms with Crippen molar-refractivity contribution in [3.8, 4) is 11.3 Å². The minimum atomic E-state index is -3.52. The molecule has 31 heavy (non-hydrogen) atoms. The Morgan fingerprint density at radius 1 is 1.23 bits per heavy atom. The summed E-state index contributed by atoms with van der Waals surface area (Å²) in [5.74, 6) is -0.203. The average Bonchev–Trinajstić information content (AvgIpc) is 3.38. The van der Waals surface area contributed by atoms with Gasteiger partial charge < -0.3 is 14.6 Å². The highest BCUT2D eigenvalue weighted by Crippen LogP contribution is 2.23. The number of ether oxygens (including phenoxy) is 1. The van der Waals surface area contributed by atoms with Crippen molar-refractivity contribution in [3.63, 3.8) is 0 Å². The van der Waals surface area contributed by atoms with Gasteiger partial charge in [-0.15, -0.1) is 11.3 Å². The highest BCUT2D eigenvalue weighted by Gasteiger charge is 2.26. The van der Waals surface area contributed by atoms with Gasteiger partial charge in [-0.3, -0.25) is 4.79 Å². The standard InChI is InChI=1S/C21H24N4O4S2/c1-15-23-19(14-30-15)17-11-20(24(2)13-17)21(26)22-12-16-3-5-18(6-4-16)31(27,28)25-7-9-29-10-8-25/h3-6,11,13-14H,7-10,12H2,1-2H3,(H,22,26). The minimum absolute atomic E-state index is 0.203. The Bertz CT molecular complexity index is 1180. The maximum atomic E-state index is 12.7. The lowest BCUT2D eigenvalue weighted by atomic mass is 10.2. The Balaban J connectivity index is 1.40. The number of rotatable bonds is 6. The van der Waals surface area contributed by atoms with Crippen molar-refractivity contribution in [2.75, 3.05) is 26.3 Å². The SMILES string of the molecule is Cc1nc(-c2cc(C(=O)NCc3ccc(S(=O)(=O)N4CCOCC4)cc3)n(C)c2)cs1. The summed E-state index contributed by atoms with van der Waals surface area (Å²) in [5, 5.41) is 5.84. The first-order valence-electron chi connectivity index (χ1n) is 9.88. The van der Waals surface area contributed by atoms with E-state index in [1.165, 1.54) is 4.31 Å². The number of carbonyl (C=O) groups excluding carboxylic acids is 1. The predicted molar refractivity (Wildman–Crippen MR) is 118 cm³/mol. The van der Waals surface area contributed by atoms with Crippen LogP contribution < -0.4 is 5.32 Å². The van der Waals surface area contributed by atoms with E-state index >= 15 is 0 Å². The van der Waals surface area contributed by atoms with Crippen LogP contribution in [0.1, 0.15) is 21.1 Å². The quantitative estimate of drug-likeness (QED) is 0.610. The van der Waals surface area contributed by atoms with Gasteiger partial charge in [0.05, 0.1) is 28.8 Å². The molecular weight excluding hydrogens is 436 g/mol. The molecule has 3 heterocycles. The van der Waals surface area contributed by atoms with Crippen LogP contribution >= 0.6 is 11.3 Å². The fourth-order valence-electron chi connectivity index (χ4n) is 3.41. The van der Waals surface area contributed by atoms with Crippen LogP contribution in [0.2, 0.25) is 0 Å². The number of morpholine rings is 1. The number of aromatic nitrogens is 2. The molecule has 1 aliphatic rings. The summed E-state index contributed by atoms with van der Waals surface area (Å²) >= 11 is 1.57. The number of sulfonamides is 1. The lowest BCUT2D eigenvalue weighted by Crippen LogP contribution is -2.40.